The van der Waals surface area contributed by atoms with Crippen molar-refractivity contribution in [3.63, 3.8) is 0 Å². The van der Waals surface area contributed by atoms with Crippen LogP contribution in [0.5, 0.6) is 0 Å². The molecule has 1 N–H and O–H groups in total. The fraction of sp³-hybridized carbons (Fsp3) is 0.533. The highest BCUT2D eigenvalue weighted by Gasteiger charge is 2.40. The van der Waals surface area contributed by atoms with Crippen LogP contribution in [0, 0.1) is 11.3 Å². The molecule has 1 unspecified atom stereocenters. The molecular formula is C15H19BrN2O3. The first-order valence-corrected chi connectivity index (χ1v) is 7.76. The average molecular weight is 355 g/mol. The van der Waals surface area contributed by atoms with E-state index in [-0.39, 0.29) is 11.8 Å². The Labute approximate surface area is 132 Å². The summed E-state index contributed by atoms with van der Waals surface area (Å²) in [7, 11) is 0. The van der Waals surface area contributed by atoms with Gasteiger partial charge in [-0.1, -0.05) is 0 Å². The van der Waals surface area contributed by atoms with E-state index in [0.717, 1.165) is 12.8 Å². The number of aliphatic carboxylic acids is 1. The summed E-state index contributed by atoms with van der Waals surface area (Å²) in [4.78, 5) is 29.8. The fourth-order valence-electron chi connectivity index (χ4n) is 2.62. The molecule has 1 saturated heterocycles. The van der Waals surface area contributed by atoms with Crippen LogP contribution < -0.4 is 0 Å². The van der Waals surface area contributed by atoms with Crippen molar-refractivity contribution in [3.8, 4) is 0 Å². The van der Waals surface area contributed by atoms with Crippen molar-refractivity contribution < 1.29 is 14.7 Å². The third kappa shape index (κ3) is 3.26. The highest BCUT2D eigenvalue weighted by Crippen LogP contribution is 2.34. The van der Waals surface area contributed by atoms with E-state index >= 15 is 0 Å². The number of pyridine rings is 1. The first-order valence-electron chi connectivity index (χ1n) is 6.97. The number of carboxylic acids is 1. The first kappa shape index (κ1) is 15.9. The second kappa shape index (κ2) is 6.13. The van der Waals surface area contributed by atoms with Crippen molar-refractivity contribution >= 4 is 27.8 Å². The number of rotatable bonds is 3. The van der Waals surface area contributed by atoms with Crippen molar-refractivity contribution in [1.82, 2.24) is 9.88 Å². The molecule has 0 aliphatic carbocycles. The zero-order valence-corrected chi connectivity index (χ0v) is 13.8. The largest absolute Gasteiger partial charge is 0.481 e. The minimum atomic E-state index is -0.833. The summed E-state index contributed by atoms with van der Waals surface area (Å²) in [5.41, 5.74) is -0.452. The molecule has 1 aliphatic heterocycles. The fourth-order valence-corrected chi connectivity index (χ4v) is 3.04. The van der Waals surface area contributed by atoms with Gasteiger partial charge in [0.15, 0.2) is 0 Å². The standard InChI is InChI=1S/C15H19BrN2O3/c1-15(2,14(20)21)10-5-4-8-18(9-10)13(19)12-11(16)6-3-7-17-12/h3,6-7,10H,4-5,8-9H2,1-2H3,(H,20,21). The van der Waals surface area contributed by atoms with E-state index < -0.39 is 11.4 Å². The minimum Gasteiger partial charge on any atom is -0.481 e. The quantitative estimate of drug-likeness (QED) is 0.905. The summed E-state index contributed by atoms with van der Waals surface area (Å²) >= 11 is 3.34. The van der Waals surface area contributed by atoms with Crippen molar-refractivity contribution in [1.29, 1.82) is 0 Å². The van der Waals surface area contributed by atoms with Gasteiger partial charge < -0.3 is 10.0 Å². The van der Waals surface area contributed by atoms with Crippen LogP contribution in [0.25, 0.3) is 0 Å². The van der Waals surface area contributed by atoms with Crippen LogP contribution in [0.15, 0.2) is 22.8 Å². The Balaban J connectivity index is 2.17. The normalized spacial score (nSPS) is 19.4. The Hall–Kier alpha value is -1.43. The minimum absolute atomic E-state index is 0.0461. The predicted molar refractivity (Wildman–Crippen MR) is 82.0 cm³/mol. The molecule has 1 aromatic rings. The number of carbonyl (C=O) groups excluding carboxylic acids is 1. The van der Waals surface area contributed by atoms with E-state index in [1.54, 1.807) is 37.1 Å². The van der Waals surface area contributed by atoms with Crippen molar-refractivity contribution in [2.75, 3.05) is 13.1 Å². The molecule has 6 heteroatoms. The SMILES string of the molecule is CC(C)(C(=O)O)C1CCCN(C(=O)c2ncccc2Br)C1. The van der Waals surface area contributed by atoms with E-state index in [4.69, 9.17) is 0 Å². The Morgan fingerprint density at radius 2 is 2.19 bits per heavy atom. The van der Waals surface area contributed by atoms with Crippen LogP contribution in [0.1, 0.15) is 37.2 Å². The molecule has 21 heavy (non-hydrogen) atoms. The predicted octanol–water partition coefficient (Wildman–Crippen LogP) is 2.81. The Bertz CT molecular complexity index is 560. The molecule has 1 fully saturated rings. The Morgan fingerprint density at radius 1 is 1.48 bits per heavy atom. The van der Waals surface area contributed by atoms with Gasteiger partial charge in [-0.05, 0) is 60.7 Å². The Morgan fingerprint density at radius 3 is 2.81 bits per heavy atom. The van der Waals surface area contributed by atoms with Gasteiger partial charge in [0, 0.05) is 23.8 Å². The molecule has 0 bridgehead atoms. The van der Waals surface area contributed by atoms with Crippen LogP contribution in [-0.2, 0) is 4.79 Å². The molecule has 2 rings (SSSR count). The highest BCUT2D eigenvalue weighted by molar-refractivity contribution is 9.10. The smallest absolute Gasteiger partial charge is 0.309 e. The molecule has 0 aromatic carbocycles. The average Bonchev–Trinajstić information content (AvgIpc) is 2.47. The third-order valence-corrected chi connectivity index (χ3v) is 4.88. The van der Waals surface area contributed by atoms with Crippen molar-refractivity contribution in [2.45, 2.75) is 26.7 Å². The van der Waals surface area contributed by atoms with Crippen LogP contribution in [0.3, 0.4) is 0 Å². The molecule has 114 valence electrons. The summed E-state index contributed by atoms with van der Waals surface area (Å²) in [6.07, 6.45) is 3.23. The number of piperidine rings is 1. The molecule has 1 aliphatic rings. The molecule has 1 amide bonds. The summed E-state index contributed by atoms with van der Waals surface area (Å²) in [6.45, 7) is 4.56. The van der Waals surface area contributed by atoms with Gasteiger partial charge in [0.2, 0.25) is 0 Å². The van der Waals surface area contributed by atoms with Gasteiger partial charge in [0.1, 0.15) is 5.69 Å². The van der Waals surface area contributed by atoms with Gasteiger partial charge >= 0.3 is 5.97 Å². The van der Waals surface area contributed by atoms with Crippen molar-refractivity contribution in [3.05, 3.63) is 28.5 Å². The summed E-state index contributed by atoms with van der Waals surface area (Å²) in [5.74, 6) is -1.01. The lowest BCUT2D eigenvalue weighted by molar-refractivity contribution is -0.151. The topological polar surface area (TPSA) is 70.5 Å². The molecule has 5 nitrogen and oxygen atoms in total. The zero-order valence-electron chi connectivity index (χ0n) is 12.2. The summed E-state index contributed by atoms with van der Waals surface area (Å²) in [5, 5.41) is 9.36. The number of halogens is 1. The number of aromatic nitrogens is 1. The molecule has 0 radical (unpaired) electrons. The summed E-state index contributed by atoms with van der Waals surface area (Å²) < 4.78 is 0.662. The van der Waals surface area contributed by atoms with Crippen LogP contribution in [-0.4, -0.2) is 40.0 Å². The third-order valence-electron chi connectivity index (χ3n) is 4.24. The second-order valence-corrected chi connectivity index (χ2v) is 6.81. The van der Waals surface area contributed by atoms with Gasteiger partial charge in [0.05, 0.1) is 5.41 Å². The summed E-state index contributed by atoms with van der Waals surface area (Å²) in [6, 6.07) is 3.54. The second-order valence-electron chi connectivity index (χ2n) is 5.95. The number of carbonyl (C=O) groups is 2. The maximum absolute atomic E-state index is 12.5. The lowest BCUT2D eigenvalue weighted by Gasteiger charge is -2.39. The van der Waals surface area contributed by atoms with E-state index in [2.05, 4.69) is 20.9 Å². The van der Waals surface area contributed by atoms with Gasteiger partial charge in [-0.3, -0.25) is 9.59 Å². The lowest BCUT2D eigenvalue weighted by atomic mass is 9.74. The van der Waals surface area contributed by atoms with Crippen molar-refractivity contribution in [2.24, 2.45) is 11.3 Å². The highest BCUT2D eigenvalue weighted by atomic mass is 79.9. The van der Waals surface area contributed by atoms with Gasteiger partial charge in [-0.2, -0.15) is 0 Å². The number of likely N-dealkylation sites (tertiary alicyclic amines) is 1. The monoisotopic (exact) mass is 354 g/mol. The van der Waals surface area contributed by atoms with Crippen LogP contribution in [0.4, 0.5) is 0 Å². The Kier molecular flexibility index (Phi) is 4.66. The molecular weight excluding hydrogens is 336 g/mol. The molecule has 1 atom stereocenters. The van der Waals surface area contributed by atoms with E-state index in [9.17, 15) is 14.7 Å². The number of hydrogen-bond donors (Lipinski definition) is 1. The number of hydrogen-bond acceptors (Lipinski definition) is 3. The first-order chi connectivity index (χ1) is 9.84. The molecule has 2 heterocycles. The van der Waals surface area contributed by atoms with Crippen LogP contribution in [0.2, 0.25) is 0 Å². The lowest BCUT2D eigenvalue weighted by Crippen LogP contribution is -2.47. The number of carboxylic acid groups (broad SMARTS) is 1. The molecule has 0 spiro atoms. The molecule has 0 saturated carbocycles. The number of nitrogens with zero attached hydrogens (tertiary/aromatic N) is 2. The molecule has 1 aromatic heterocycles. The zero-order chi connectivity index (χ0) is 15.6. The maximum Gasteiger partial charge on any atom is 0.309 e. The maximum atomic E-state index is 12.5. The van der Waals surface area contributed by atoms with E-state index in [1.165, 1.54) is 0 Å². The van der Waals surface area contributed by atoms with Gasteiger partial charge in [0.25, 0.3) is 5.91 Å². The van der Waals surface area contributed by atoms with Gasteiger partial charge in [-0.25, -0.2) is 4.98 Å². The van der Waals surface area contributed by atoms with E-state index in [0.29, 0.717) is 23.3 Å². The van der Waals surface area contributed by atoms with Crippen LogP contribution >= 0.6 is 15.9 Å². The van der Waals surface area contributed by atoms with Gasteiger partial charge in [-0.15, -0.1) is 0 Å². The number of amides is 1. The van der Waals surface area contributed by atoms with E-state index in [1.807, 2.05) is 0 Å².